The van der Waals surface area contributed by atoms with Crippen molar-refractivity contribution < 1.29 is 23.8 Å². The smallest absolute Gasteiger partial charge is 0.338 e. The lowest BCUT2D eigenvalue weighted by molar-refractivity contribution is 0.0468. The Morgan fingerprint density at radius 1 is 0.955 bits per heavy atom. The van der Waals surface area contributed by atoms with E-state index in [9.17, 15) is 9.59 Å². The highest BCUT2D eigenvalue weighted by atomic mass is 127. The van der Waals surface area contributed by atoms with Crippen molar-refractivity contribution in [1.29, 1.82) is 0 Å². The van der Waals surface area contributed by atoms with Crippen LogP contribution in [-0.4, -0.2) is 38.9 Å². The highest BCUT2D eigenvalue weighted by Crippen LogP contribution is 2.15. The average molecular weight is 420 g/mol. The van der Waals surface area contributed by atoms with Crippen LogP contribution < -0.4 is 0 Å². The van der Waals surface area contributed by atoms with Crippen LogP contribution in [0.2, 0.25) is 0 Å². The molecule has 0 unspecified atom stereocenters. The molecule has 0 N–H and O–H groups in total. The van der Waals surface area contributed by atoms with E-state index in [0.29, 0.717) is 30.8 Å². The lowest BCUT2D eigenvalue weighted by atomic mass is 10.1. The number of unbranched alkanes of at least 4 members (excludes halogenated alkanes) is 1. The van der Waals surface area contributed by atoms with Gasteiger partial charge in [-0.05, 0) is 47.2 Å². The van der Waals surface area contributed by atoms with E-state index in [4.69, 9.17) is 14.2 Å². The van der Waals surface area contributed by atoms with Crippen molar-refractivity contribution >= 4 is 34.5 Å². The third kappa shape index (κ3) is 6.74. The van der Waals surface area contributed by atoms with Crippen molar-refractivity contribution in [1.82, 2.24) is 0 Å². The van der Waals surface area contributed by atoms with Gasteiger partial charge in [0, 0.05) is 23.7 Å². The molecule has 0 amide bonds. The van der Waals surface area contributed by atoms with E-state index in [-0.39, 0.29) is 6.61 Å². The second-order valence-electron chi connectivity index (χ2n) is 4.70. The van der Waals surface area contributed by atoms with Crippen molar-refractivity contribution in [3.63, 3.8) is 0 Å². The number of hydrogen-bond acceptors (Lipinski definition) is 5. The first-order valence-electron chi connectivity index (χ1n) is 7.22. The van der Waals surface area contributed by atoms with Gasteiger partial charge in [-0.25, -0.2) is 9.59 Å². The number of benzene rings is 1. The minimum atomic E-state index is -0.447. The van der Waals surface area contributed by atoms with Crippen LogP contribution in [0.5, 0.6) is 0 Å². The van der Waals surface area contributed by atoms with Crippen LogP contribution in [0.3, 0.4) is 0 Å². The van der Waals surface area contributed by atoms with Crippen molar-refractivity contribution in [2.75, 3.05) is 26.9 Å². The zero-order valence-electron chi connectivity index (χ0n) is 12.9. The van der Waals surface area contributed by atoms with Crippen molar-refractivity contribution in [3.8, 4) is 0 Å². The molecule has 0 aliphatic rings. The monoisotopic (exact) mass is 420 g/mol. The van der Waals surface area contributed by atoms with E-state index >= 15 is 0 Å². The summed E-state index contributed by atoms with van der Waals surface area (Å²) in [6, 6.07) is 4.88. The second-order valence-corrected chi connectivity index (χ2v) is 5.95. The minimum absolute atomic E-state index is 0.286. The summed E-state index contributed by atoms with van der Waals surface area (Å²) in [5, 5.41) is 0. The summed E-state index contributed by atoms with van der Waals surface area (Å²) in [5.41, 5.74) is 0.721. The van der Waals surface area contributed by atoms with Crippen molar-refractivity contribution in [2.24, 2.45) is 0 Å². The van der Waals surface area contributed by atoms with Gasteiger partial charge in [0.2, 0.25) is 0 Å². The van der Waals surface area contributed by atoms with E-state index in [1.165, 1.54) is 6.07 Å². The van der Waals surface area contributed by atoms with Crippen LogP contribution in [0, 0.1) is 3.57 Å². The molecule has 1 aromatic rings. The Morgan fingerprint density at radius 2 is 1.50 bits per heavy atom. The molecule has 1 rings (SSSR count). The maximum absolute atomic E-state index is 12.0. The van der Waals surface area contributed by atoms with Gasteiger partial charge in [-0.15, -0.1) is 0 Å². The summed E-state index contributed by atoms with van der Waals surface area (Å²) in [6.45, 7) is 3.23. The van der Waals surface area contributed by atoms with Gasteiger partial charge in [0.15, 0.2) is 0 Å². The Bertz CT molecular complexity index is 501. The zero-order valence-corrected chi connectivity index (χ0v) is 15.1. The predicted molar refractivity (Wildman–Crippen MR) is 91.1 cm³/mol. The highest BCUT2D eigenvalue weighted by Gasteiger charge is 2.14. The van der Waals surface area contributed by atoms with Gasteiger partial charge < -0.3 is 14.2 Å². The van der Waals surface area contributed by atoms with Crippen LogP contribution in [-0.2, 0) is 14.2 Å². The number of ether oxygens (including phenoxy) is 3. The van der Waals surface area contributed by atoms with Crippen LogP contribution in [0.4, 0.5) is 0 Å². The molecule has 6 heteroatoms. The van der Waals surface area contributed by atoms with Gasteiger partial charge in [0.25, 0.3) is 0 Å². The number of hydrogen-bond donors (Lipinski definition) is 0. The second kappa shape index (κ2) is 10.6. The maximum Gasteiger partial charge on any atom is 0.338 e. The van der Waals surface area contributed by atoms with E-state index < -0.39 is 11.9 Å². The fourth-order valence-corrected chi connectivity index (χ4v) is 2.34. The molecule has 0 saturated heterocycles. The maximum atomic E-state index is 12.0. The van der Waals surface area contributed by atoms with E-state index in [1.54, 1.807) is 19.2 Å². The van der Waals surface area contributed by atoms with Crippen molar-refractivity contribution in [2.45, 2.75) is 26.2 Å². The third-order valence-corrected chi connectivity index (χ3v) is 3.45. The Balaban J connectivity index is 2.68. The Labute approximate surface area is 144 Å². The first kappa shape index (κ1) is 18.9. The zero-order chi connectivity index (χ0) is 16.4. The van der Waals surface area contributed by atoms with Crippen molar-refractivity contribution in [3.05, 3.63) is 32.9 Å². The first-order chi connectivity index (χ1) is 10.6. The van der Waals surface area contributed by atoms with E-state index in [1.807, 2.05) is 6.92 Å². The summed E-state index contributed by atoms with van der Waals surface area (Å²) >= 11 is 2.06. The molecule has 0 atom stereocenters. The lowest BCUT2D eigenvalue weighted by Gasteiger charge is -2.08. The number of methoxy groups -OCH3 is 1. The number of carbonyl (C=O) groups is 2. The Hall–Kier alpha value is -1.15. The molecule has 0 saturated carbocycles. The molecule has 0 fully saturated rings. The summed E-state index contributed by atoms with van der Waals surface area (Å²) in [7, 11) is 1.60. The number of esters is 2. The molecule has 0 bridgehead atoms. The minimum Gasteiger partial charge on any atom is -0.462 e. The molecule has 122 valence electrons. The molecule has 22 heavy (non-hydrogen) atoms. The molecule has 5 nitrogen and oxygen atoms in total. The van der Waals surface area contributed by atoms with Gasteiger partial charge in [-0.1, -0.05) is 13.3 Å². The topological polar surface area (TPSA) is 61.8 Å². The van der Waals surface area contributed by atoms with Gasteiger partial charge in [0.05, 0.1) is 24.3 Å². The van der Waals surface area contributed by atoms with E-state index in [2.05, 4.69) is 22.6 Å². The number of rotatable bonds is 9. The fourth-order valence-electron chi connectivity index (χ4n) is 1.67. The van der Waals surface area contributed by atoms with Gasteiger partial charge in [0.1, 0.15) is 0 Å². The van der Waals surface area contributed by atoms with Gasteiger partial charge in [-0.2, -0.15) is 0 Å². The van der Waals surface area contributed by atoms with Gasteiger partial charge >= 0.3 is 11.9 Å². The largest absolute Gasteiger partial charge is 0.462 e. The molecule has 1 aromatic carbocycles. The standard InChI is InChI=1S/C16H21IO5/c1-3-4-7-21-15(18)12-9-13(11-14(17)10-12)16(19)22-8-5-6-20-2/h9-11H,3-8H2,1-2H3. The molecule has 0 spiro atoms. The lowest BCUT2D eigenvalue weighted by Crippen LogP contribution is -2.11. The Morgan fingerprint density at radius 3 is 2.00 bits per heavy atom. The van der Waals surface area contributed by atoms with Crippen LogP contribution in [0.1, 0.15) is 46.9 Å². The van der Waals surface area contributed by atoms with Crippen LogP contribution in [0.15, 0.2) is 18.2 Å². The first-order valence-corrected chi connectivity index (χ1v) is 8.30. The van der Waals surface area contributed by atoms with Crippen LogP contribution >= 0.6 is 22.6 Å². The normalized spacial score (nSPS) is 10.3. The third-order valence-electron chi connectivity index (χ3n) is 2.83. The summed E-state index contributed by atoms with van der Waals surface area (Å²) in [5.74, 6) is -0.863. The molecule has 0 aliphatic heterocycles. The molecule has 0 radical (unpaired) electrons. The molecular weight excluding hydrogens is 399 g/mol. The number of halogens is 1. The summed E-state index contributed by atoms with van der Waals surface area (Å²) < 4.78 is 16.0. The Kier molecular flexibility index (Phi) is 9.07. The summed E-state index contributed by atoms with van der Waals surface area (Å²) in [6.07, 6.45) is 2.42. The molecule has 0 aromatic heterocycles. The quantitative estimate of drug-likeness (QED) is 0.348. The average Bonchev–Trinajstić information content (AvgIpc) is 2.51. The molecule has 0 aliphatic carbocycles. The van der Waals surface area contributed by atoms with Crippen LogP contribution in [0.25, 0.3) is 0 Å². The molecule has 0 heterocycles. The van der Waals surface area contributed by atoms with Gasteiger partial charge in [-0.3, -0.25) is 0 Å². The molecular formula is C16H21IO5. The number of carbonyl (C=O) groups excluding carboxylic acids is 2. The predicted octanol–water partition coefficient (Wildman–Crippen LogP) is 3.44. The van der Waals surface area contributed by atoms with E-state index in [0.717, 1.165) is 16.4 Å². The highest BCUT2D eigenvalue weighted by molar-refractivity contribution is 14.1. The summed E-state index contributed by atoms with van der Waals surface area (Å²) in [4.78, 5) is 23.9. The SMILES string of the molecule is CCCCOC(=O)c1cc(I)cc(C(=O)OCCCOC)c1. The fraction of sp³-hybridized carbons (Fsp3) is 0.500.